The van der Waals surface area contributed by atoms with Crippen LogP contribution in [0.1, 0.15) is 62.6 Å². The van der Waals surface area contributed by atoms with Gasteiger partial charge in [-0.15, -0.1) is 23.7 Å². The van der Waals surface area contributed by atoms with Crippen LogP contribution in [-0.4, -0.2) is 101 Å². The van der Waals surface area contributed by atoms with Gasteiger partial charge in [0.15, 0.2) is 0 Å². The molecule has 0 aliphatic heterocycles. The van der Waals surface area contributed by atoms with Crippen molar-refractivity contribution in [3.05, 3.63) is 52.5 Å². The van der Waals surface area contributed by atoms with Crippen LogP contribution < -0.4 is 10.6 Å². The van der Waals surface area contributed by atoms with E-state index in [1.165, 1.54) is 11.3 Å². The predicted molar refractivity (Wildman–Crippen MR) is 181 cm³/mol. The largest absolute Gasteiger partial charge is 0.389 e. The minimum absolute atomic E-state index is 0.0169. The van der Waals surface area contributed by atoms with Crippen molar-refractivity contribution >= 4 is 29.1 Å². The highest BCUT2D eigenvalue weighted by atomic mass is 32.1. The Balaban J connectivity index is 1.82. The first-order valence-corrected chi connectivity index (χ1v) is 17.2. The molecule has 3 amide bonds. The van der Waals surface area contributed by atoms with E-state index in [0.29, 0.717) is 37.5 Å². The van der Waals surface area contributed by atoms with Gasteiger partial charge >= 0.3 is 0 Å². The number of likely N-dealkylation sites (N-methyl/N-ethyl adjacent to an activating group) is 2. The van der Waals surface area contributed by atoms with Crippen LogP contribution in [0.15, 0.2) is 41.2 Å². The SMILES string of the molecule is C#CCC(O)[C@H](O)C(CC1CCCCC1)NC(=O)[C@H](Cc1cscn1)NC(=O)C(CC(=O)N(C)CCN(C)C)Cc1ccccc1. The zero-order valence-corrected chi connectivity index (χ0v) is 28.3. The molecule has 1 saturated carbocycles. The Morgan fingerprint density at radius 1 is 1.02 bits per heavy atom. The maximum atomic E-state index is 13.9. The molecule has 46 heavy (non-hydrogen) atoms. The number of aliphatic hydroxyl groups is 2. The number of thiazole rings is 1. The van der Waals surface area contributed by atoms with Crippen molar-refractivity contribution in [3.8, 4) is 12.3 Å². The minimum atomic E-state index is -1.27. The van der Waals surface area contributed by atoms with Gasteiger partial charge in [-0.2, -0.15) is 0 Å². The van der Waals surface area contributed by atoms with E-state index in [1.54, 1.807) is 17.5 Å². The quantitative estimate of drug-likeness (QED) is 0.182. The number of terminal acetylenes is 1. The Hall–Kier alpha value is -3.30. The molecule has 4 N–H and O–H groups in total. The lowest BCUT2D eigenvalue weighted by molar-refractivity contribution is -0.137. The summed E-state index contributed by atoms with van der Waals surface area (Å²) in [7, 11) is 5.60. The molecule has 0 spiro atoms. The molecule has 1 aromatic carbocycles. The third-order valence-corrected chi connectivity index (χ3v) is 9.36. The summed E-state index contributed by atoms with van der Waals surface area (Å²) < 4.78 is 0. The zero-order chi connectivity index (χ0) is 33.5. The molecule has 10 nitrogen and oxygen atoms in total. The molecule has 1 fully saturated rings. The monoisotopic (exact) mass is 653 g/mol. The summed E-state index contributed by atoms with van der Waals surface area (Å²) in [5.74, 6) is 0.912. The van der Waals surface area contributed by atoms with Crippen LogP contribution in [0.3, 0.4) is 0 Å². The number of carbonyl (C=O) groups excluding carboxylic acids is 3. The number of amides is 3. The van der Waals surface area contributed by atoms with Crippen LogP contribution in [0.2, 0.25) is 0 Å². The molecular formula is C35H51N5O5S. The number of aliphatic hydroxyl groups excluding tert-OH is 2. The second-order valence-electron chi connectivity index (χ2n) is 12.8. The Kier molecular flexibility index (Phi) is 15.7. The fourth-order valence-electron chi connectivity index (χ4n) is 5.90. The van der Waals surface area contributed by atoms with E-state index in [4.69, 9.17) is 6.42 Å². The molecule has 3 unspecified atom stereocenters. The molecule has 0 saturated heterocycles. The standard InChI is InChI=1S/C35H51N5O5S/c1-5-12-31(41)33(43)29(20-26-15-10-7-11-16-26)37-35(45)30(22-28-23-46-24-36-28)38-34(44)27(19-25-13-8-6-9-14-25)21-32(42)40(4)18-17-39(2)3/h1,6,8-9,13-14,23-24,26-27,29-31,33,41,43H,7,10-12,15-22H2,2-4H3,(H,37,45)(H,38,44)/t27?,29?,30-,31?,33+/m0/s1. The fourth-order valence-corrected chi connectivity index (χ4v) is 6.47. The number of nitrogens with zero attached hydrogens (tertiary/aromatic N) is 3. The average Bonchev–Trinajstić information content (AvgIpc) is 3.56. The summed E-state index contributed by atoms with van der Waals surface area (Å²) in [6, 6.07) is 7.74. The first-order valence-electron chi connectivity index (χ1n) is 16.3. The highest BCUT2D eigenvalue weighted by molar-refractivity contribution is 7.07. The summed E-state index contributed by atoms with van der Waals surface area (Å²) in [6.07, 6.45) is 9.15. The molecule has 1 heterocycles. The maximum absolute atomic E-state index is 13.9. The van der Waals surface area contributed by atoms with Gasteiger partial charge in [0.05, 0.1) is 29.3 Å². The Morgan fingerprint density at radius 3 is 2.37 bits per heavy atom. The van der Waals surface area contributed by atoms with E-state index in [9.17, 15) is 24.6 Å². The number of benzene rings is 1. The normalized spacial score (nSPS) is 16.9. The number of aromatic nitrogens is 1. The molecule has 0 radical (unpaired) electrons. The second kappa shape index (κ2) is 19.4. The number of carbonyl (C=O) groups is 3. The van der Waals surface area contributed by atoms with Gasteiger partial charge < -0.3 is 30.6 Å². The Bertz CT molecular complexity index is 1250. The fraction of sp³-hybridized carbons (Fsp3) is 0.600. The molecule has 252 valence electrons. The van der Waals surface area contributed by atoms with E-state index in [-0.39, 0.29) is 25.2 Å². The molecule has 2 aromatic rings. The third-order valence-electron chi connectivity index (χ3n) is 8.73. The first kappa shape index (κ1) is 37.2. The lowest BCUT2D eigenvalue weighted by Crippen LogP contribution is -2.56. The summed E-state index contributed by atoms with van der Waals surface area (Å²) in [6.45, 7) is 1.22. The van der Waals surface area contributed by atoms with Crippen LogP contribution in [0.4, 0.5) is 0 Å². The van der Waals surface area contributed by atoms with Crippen molar-refractivity contribution in [2.24, 2.45) is 11.8 Å². The summed E-state index contributed by atoms with van der Waals surface area (Å²) >= 11 is 1.39. The van der Waals surface area contributed by atoms with Crippen LogP contribution in [0.25, 0.3) is 0 Å². The second-order valence-corrected chi connectivity index (χ2v) is 13.5. The van der Waals surface area contributed by atoms with Crippen molar-refractivity contribution in [2.75, 3.05) is 34.2 Å². The molecular weight excluding hydrogens is 602 g/mol. The highest BCUT2D eigenvalue weighted by Gasteiger charge is 2.34. The Morgan fingerprint density at radius 2 is 1.74 bits per heavy atom. The molecule has 0 bridgehead atoms. The number of nitrogens with one attached hydrogen (secondary N) is 2. The van der Waals surface area contributed by atoms with E-state index >= 15 is 0 Å². The van der Waals surface area contributed by atoms with Crippen molar-refractivity contribution in [1.82, 2.24) is 25.4 Å². The van der Waals surface area contributed by atoms with Crippen molar-refractivity contribution in [2.45, 2.75) is 88.5 Å². The lowest BCUT2D eigenvalue weighted by Gasteiger charge is -2.33. The lowest BCUT2D eigenvalue weighted by atomic mass is 9.82. The zero-order valence-electron chi connectivity index (χ0n) is 27.4. The van der Waals surface area contributed by atoms with E-state index in [1.807, 2.05) is 54.7 Å². The van der Waals surface area contributed by atoms with Gasteiger partial charge in [0, 0.05) is 44.8 Å². The van der Waals surface area contributed by atoms with Crippen molar-refractivity contribution < 1.29 is 24.6 Å². The van der Waals surface area contributed by atoms with E-state index in [2.05, 4.69) is 21.5 Å². The van der Waals surface area contributed by atoms with Crippen LogP contribution in [0.5, 0.6) is 0 Å². The van der Waals surface area contributed by atoms with Gasteiger partial charge in [-0.25, -0.2) is 4.98 Å². The summed E-state index contributed by atoms with van der Waals surface area (Å²) in [5.41, 5.74) is 3.21. The average molecular weight is 654 g/mol. The van der Waals surface area contributed by atoms with Crippen LogP contribution >= 0.6 is 11.3 Å². The van der Waals surface area contributed by atoms with Crippen molar-refractivity contribution in [1.29, 1.82) is 0 Å². The molecule has 11 heteroatoms. The molecule has 1 aliphatic carbocycles. The number of rotatable bonds is 18. The predicted octanol–water partition coefficient (Wildman–Crippen LogP) is 2.64. The van der Waals surface area contributed by atoms with Gasteiger partial charge in [-0.1, -0.05) is 62.4 Å². The van der Waals surface area contributed by atoms with Crippen molar-refractivity contribution in [3.63, 3.8) is 0 Å². The van der Waals surface area contributed by atoms with Gasteiger partial charge in [0.2, 0.25) is 17.7 Å². The molecule has 5 atom stereocenters. The highest BCUT2D eigenvalue weighted by Crippen LogP contribution is 2.29. The number of hydrogen-bond donors (Lipinski definition) is 4. The minimum Gasteiger partial charge on any atom is -0.389 e. The van der Waals surface area contributed by atoms with Crippen LogP contribution in [0, 0.1) is 24.2 Å². The first-order chi connectivity index (χ1) is 22.1. The van der Waals surface area contributed by atoms with Gasteiger partial charge in [-0.05, 0) is 38.4 Å². The molecule has 1 aromatic heterocycles. The van der Waals surface area contributed by atoms with Crippen LogP contribution in [-0.2, 0) is 27.2 Å². The topological polar surface area (TPSA) is 135 Å². The third kappa shape index (κ3) is 12.5. The number of hydrogen-bond acceptors (Lipinski definition) is 8. The molecule has 1 aliphatic rings. The summed E-state index contributed by atoms with van der Waals surface area (Å²) in [5, 5.41) is 29.4. The molecule has 3 rings (SSSR count). The van der Waals surface area contributed by atoms with Gasteiger partial charge in [0.25, 0.3) is 0 Å². The van der Waals surface area contributed by atoms with Gasteiger partial charge in [-0.3, -0.25) is 14.4 Å². The summed E-state index contributed by atoms with van der Waals surface area (Å²) in [4.78, 5) is 49.1. The van der Waals surface area contributed by atoms with E-state index in [0.717, 1.165) is 37.7 Å². The van der Waals surface area contributed by atoms with Gasteiger partial charge in [0.1, 0.15) is 12.1 Å². The van der Waals surface area contributed by atoms with E-state index < -0.39 is 42.0 Å². The maximum Gasteiger partial charge on any atom is 0.243 e. The smallest absolute Gasteiger partial charge is 0.243 e. The Labute approximate surface area is 278 Å².